The van der Waals surface area contributed by atoms with E-state index in [-0.39, 0.29) is 23.0 Å². The summed E-state index contributed by atoms with van der Waals surface area (Å²) in [6.45, 7) is 2.36. The molecule has 3 aliphatic heterocycles. The zero-order chi connectivity index (χ0) is 17.6. The molecule has 1 saturated heterocycles. The van der Waals surface area contributed by atoms with Gasteiger partial charge in [-0.15, -0.1) is 11.8 Å². The molecule has 3 atom stereocenters. The van der Waals surface area contributed by atoms with Crippen molar-refractivity contribution in [1.29, 1.82) is 0 Å². The number of nitrogens with one attached hydrogen (secondary N) is 2. The number of carboxylic acids is 1. The Bertz CT molecular complexity index is 792. The van der Waals surface area contributed by atoms with E-state index in [0.717, 1.165) is 11.1 Å². The second kappa shape index (κ2) is 6.11. The van der Waals surface area contributed by atoms with Crippen LogP contribution in [-0.2, 0) is 9.59 Å². The fourth-order valence-electron chi connectivity index (χ4n) is 3.32. The van der Waals surface area contributed by atoms with Gasteiger partial charge in [-0.2, -0.15) is 0 Å². The quantitative estimate of drug-likeness (QED) is 0.696. The third kappa shape index (κ3) is 2.66. The second-order valence-corrected chi connectivity index (χ2v) is 7.37. The summed E-state index contributed by atoms with van der Waals surface area (Å²) in [5.74, 6) is -0.0619. The Hall–Kier alpha value is -2.48. The molecule has 0 aromatic heterocycles. The van der Waals surface area contributed by atoms with E-state index in [1.807, 2.05) is 30.3 Å². The van der Waals surface area contributed by atoms with Crippen LogP contribution < -0.4 is 10.6 Å². The molecule has 1 aromatic carbocycles. The number of carboxylic acid groups (broad SMARTS) is 1. The fraction of sp³-hybridized carbons (Fsp3) is 0.353. The highest BCUT2D eigenvalue weighted by Crippen LogP contribution is 2.40. The number of amides is 1. The lowest BCUT2D eigenvalue weighted by Crippen LogP contribution is -2.71. The number of hydrogen-bond acceptors (Lipinski definition) is 6. The SMILES string of the molecule is CC1=C(C(=O)O)N2C(=O)C(NC3=NCC(c4ccccc4)N3)[C@@H]2SC1. The Morgan fingerprint density at radius 1 is 1.40 bits per heavy atom. The Morgan fingerprint density at radius 3 is 2.88 bits per heavy atom. The van der Waals surface area contributed by atoms with Crippen LogP contribution in [0.1, 0.15) is 18.5 Å². The minimum absolute atomic E-state index is 0.0886. The first-order valence-electron chi connectivity index (χ1n) is 8.06. The second-order valence-electron chi connectivity index (χ2n) is 6.26. The lowest BCUT2D eigenvalue weighted by atomic mass is 10.0. The summed E-state index contributed by atoms with van der Waals surface area (Å²) in [5.41, 5.74) is 1.99. The summed E-state index contributed by atoms with van der Waals surface area (Å²) < 4.78 is 0. The molecule has 25 heavy (non-hydrogen) atoms. The lowest BCUT2D eigenvalue weighted by molar-refractivity contribution is -0.148. The van der Waals surface area contributed by atoms with E-state index in [2.05, 4.69) is 15.6 Å². The first kappa shape index (κ1) is 16.0. The zero-order valence-corrected chi connectivity index (χ0v) is 14.4. The van der Waals surface area contributed by atoms with Crippen molar-refractivity contribution < 1.29 is 14.7 Å². The van der Waals surface area contributed by atoms with Crippen LogP contribution in [0.25, 0.3) is 0 Å². The van der Waals surface area contributed by atoms with Gasteiger partial charge in [0.05, 0.1) is 12.6 Å². The molecular weight excluding hydrogens is 340 g/mol. The van der Waals surface area contributed by atoms with Gasteiger partial charge in [0.1, 0.15) is 17.1 Å². The maximum absolute atomic E-state index is 12.5. The number of benzene rings is 1. The van der Waals surface area contributed by atoms with Crippen LogP contribution in [-0.4, -0.2) is 51.6 Å². The number of nitrogens with zero attached hydrogens (tertiary/aromatic N) is 2. The Labute approximate surface area is 149 Å². The molecule has 2 unspecified atom stereocenters. The molecule has 0 aliphatic carbocycles. The minimum Gasteiger partial charge on any atom is -0.477 e. The van der Waals surface area contributed by atoms with Crippen molar-refractivity contribution in [2.45, 2.75) is 24.4 Å². The third-order valence-corrected chi connectivity index (χ3v) is 6.02. The molecule has 0 spiro atoms. The van der Waals surface area contributed by atoms with Gasteiger partial charge in [-0.1, -0.05) is 30.3 Å². The number of carbonyl (C=O) groups is 2. The van der Waals surface area contributed by atoms with Crippen LogP contribution >= 0.6 is 11.8 Å². The van der Waals surface area contributed by atoms with Crippen LogP contribution in [0, 0.1) is 0 Å². The molecule has 1 fully saturated rings. The maximum atomic E-state index is 12.5. The number of β-lactam (4-membered cyclic amide) rings is 1. The van der Waals surface area contributed by atoms with Gasteiger partial charge in [-0.25, -0.2) is 4.79 Å². The van der Waals surface area contributed by atoms with Crippen LogP contribution in [0.5, 0.6) is 0 Å². The van der Waals surface area contributed by atoms with Crippen LogP contribution in [0.3, 0.4) is 0 Å². The van der Waals surface area contributed by atoms with Crippen LogP contribution in [0.4, 0.5) is 0 Å². The van der Waals surface area contributed by atoms with E-state index in [1.165, 1.54) is 4.90 Å². The van der Waals surface area contributed by atoms with Crippen molar-refractivity contribution in [3.8, 4) is 0 Å². The predicted molar refractivity (Wildman–Crippen MR) is 95.0 cm³/mol. The van der Waals surface area contributed by atoms with Gasteiger partial charge in [0.25, 0.3) is 5.91 Å². The van der Waals surface area contributed by atoms with Crippen molar-refractivity contribution in [3.63, 3.8) is 0 Å². The van der Waals surface area contributed by atoms with Gasteiger partial charge in [-0.3, -0.25) is 14.7 Å². The topological polar surface area (TPSA) is 94.0 Å². The van der Waals surface area contributed by atoms with Crippen molar-refractivity contribution in [2.75, 3.05) is 12.3 Å². The van der Waals surface area contributed by atoms with Crippen molar-refractivity contribution in [2.24, 2.45) is 4.99 Å². The number of carbonyl (C=O) groups excluding carboxylic acids is 1. The Kier molecular flexibility index (Phi) is 3.91. The van der Waals surface area contributed by atoms with Crippen LogP contribution in [0.2, 0.25) is 0 Å². The Morgan fingerprint density at radius 2 is 2.16 bits per heavy atom. The molecule has 0 saturated carbocycles. The van der Waals surface area contributed by atoms with E-state index in [1.54, 1.807) is 18.7 Å². The monoisotopic (exact) mass is 358 g/mol. The molecular formula is C17H18N4O3S. The number of fused-ring (bicyclic) bond motifs is 1. The van der Waals surface area contributed by atoms with E-state index in [9.17, 15) is 14.7 Å². The highest BCUT2D eigenvalue weighted by molar-refractivity contribution is 8.00. The number of thioether (sulfide) groups is 1. The summed E-state index contributed by atoms with van der Waals surface area (Å²) in [4.78, 5) is 29.7. The van der Waals surface area contributed by atoms with Gasteiger partial charge in [-0.05, 0) is 18.1 Å². The lowest BCUT2D eigenvalue weighted by Gasteiger charge is -2.49. The fourth-order valence-corrected chi connectivity index (χ4v) is 4.62. The standard InChI is InChI=1S/C17H18N4O3S/c1-9-8-25-15-12(14(22)21(15)13(9)16(23)24)20-17-18-7-11(19-17)10-5-3-2-4-6-10/h2-6,11-12,15H,7-8H2,1H3,(H,23,24)(H2,18,19,20)/t11?,12?,15-/m0/s1. The molecule has 1 aromatic rings. The molecule has 0 radical (unpaired) electrons. The van der Waals surface area contributed by atoms with Gasteiger partial charge in [0, 0.05) is 5.75 Å². The van der Waals surface area contributed by atoms with Crippen molar-refractivity contribution in [3.05, 3.63) is 47.2 Å². The molecule has 8 heteroatoms. The van der Waals surface area contributed by atoms with Gasteiger partial charge >= 0.3 is 5.97 Å². The largest absolute Gasteiger partial charge is 0.477 e. The molecule has 3 N–H and O–H groups in total. The van der Waals surface area contributed by atoms with Gasteiger partial charge in [0.15, 0.2) is 5.96 Å². The van der Waals surface area contributed by atoms with Crippen molar-refractivity contribution in [1.82, 2.24) is 15.5 Å². The highest BCUT2D eigenvalue weighted by Gasteiger charge is 2.53. The minimum atomic E-state index is -1.05. The smallest absolute Gasteiger partial charge is 0.352 e. The van der Waals surface area contributed by atoms with E-state index < -0.39 is 12.0 Å². The average molecular weight is 358 g/mol. The zero-order valence-electron chi connectivity index (χ0n) is 13.6. The van der Waals surface area contributed by atoms with Crippen molar-refractivity contribution >= 4 is 29.6 Å². The average Bonchev–Trinajstić information content (AvgIpc) is 3.09. The number of aliphatic carboxylic acids is 1. The number of rotatable bonds is 3. The molecule has 3 heterocycles. The highest BCUT2D eigenvalue weighted by atomic mass is 32.2. The third-order valence-electron chi connectivity index (χ3n) is 4.60. The summed E-state index contributed by atoms with van der Waals surface area (Å²) in [6.07, 6.45) is 0. The number of hydrogen-bond donors (Lipinski definition) is 3. The van der Waals surface area contributed by atoms with E-state index >= 15 is 0 Å². The molecule has 1 amide bonds. The summed E-state index contributed by atoms with van der Waals surface area (Å²) in [5, 5.41) is 15.6. The summed E-state index contributed by atoms with van der Waals surface area (Å²) in [6, 6.07) is 9.65. The molecule has 7 nitrogen and oxygen atoms in total. The predicted octanol–water partition coefficient (Wildman–Crippen LogP) is 0.919. The van der Waals surface area contributed by atoms with E-state index in [0.29, 0.717) is 18.3 Å². The number of aliphatic imine (C=N–C) groups is 1. The number of guanidine groups is 1. The summed E-state index contributed by atoms with van der Waals surface area (Å²) in [7, 11) is 0. The van der Waals surface area contributed by atoms with E-state index in [4.69, 9.17) is 0 Å². The molecule has 130 valence electrons. The van der Waals surface area contributed by atoms with Gasteiger partial charge < -0.3 is 15.7 Å². The Balaban J connectivity index is 1.42. The molecule has 3 aliphatic rings. The molecule has 0 bridgehead atoms. The van der Waals surface area contributed by atoms with Gasteiger partial charge in [0.2, 0.25) is 0 Å². The first-order chi connectivity index (χ1) is 12.1. The normalized spacial score (nSPS) is 28.0. The summed E-state index contributed by atoms with van der Waals surface area (Å²) >= 11 is 1.57. The van der Waals surface area contributed by atoms with Crippen LogP contribution in [0.15, 0.2) is 46.6 Å². The first-order valence-corrected chi connectivity index (χ1v) is 9.11. The molecule has 4 rings (SSSR count). The maximum Gasteiger partial charge on any atom is 0.352 e.